The Morgan fingerprint density at radius 1 is 0.895 bits per heavy atom. The minimum Gasteiger partial charge on any atom is -0.409 e. The quantitative estimate of drug-likeness (QED) is 0.0409. The van der Waals surface area contributed by atoms with Crippen LogP contribution in [-0.4, -0.2) is 129 Å². The molecule has 5 aromatic rings. The molecule has 76 heavy (non-hydrogen) atoms. The van der Waals surface area contributed by atoms with Crippen molar-refractivity contribution in [3.05, 3.63) is 82.5 Å². The molecule has 8 rings (SSSR count). The Hall–Kier alpha value is -4.72. The predicted molar refractivity (Wildman–Crippen MR) is 283 cm³/mol. The smallest absolute Gasteiger partial charge is 0.409 e. The monoisotopic (exact) mass is 1130 g/mol. The Morgan fingerprint density at radius 3 is 2.21 bits per heavy atom. The number of Topliss-reactive ketones (excluding diaryl/α,β-unsaturated/α-hetero) is 1. The second-order valence-corrected chi connectivity index (χ2v) is 35.2. The fourth-order valence-electron chi connectivity index (χ4n) is 8.70. The minimum atomic E-state index is -5.15. The van der Waals surface area contributed by atoms with Gasteiger partial charge in [0.25, 0.3) is 11.5 Å². The number of carbonyl (C=O) groups is 2. The number of hydrogen-bond acceptors (Lipinski definition) is 18. The molecular formula is C48H68N10O14P2Si2. The van der Waals surface area contributed by atoms with Crippen molar-refractivity contribution >= 4 is 72.1 Å². The average Bonchev–Trinajstić information content (AvgIpc) is 4.12. The molecule has 2 aliphatic heterocycles. The van der Waals surface area contributed by atoms with Crippen LogP contribution >= 0.6 is 15.6 Å². The van der Waals surface area contributed by atoms with Gasteiger partial charge in [0.15, 0.2) is 51.0 Å². The van der Waals surface area contributed by atoms with Gasteiger partial charge in [-0.3, -0.25) is 41.6 Å². The summed E-state index contributed by atoms with van der Waals surface area (Å²) in [7, 11) is -15.7. The third-order valence-corrected chi connectivity index (χ3v) is 26.4. The molecule has 3 aliphatic rings. The number of amides is 1. The molecule has 1 amide bonds. The highest BCUT2D eigenvalue weighted by atomic mass is 31.2. The van der Waals surface area contributed by atoms with Crippen LogP contribution < -0.4 is 10.9 Å². The lowest BCUT2D eigenvalue weighted by Crippen LogP contribution is -2.50. The first-order valence-corrected chi connectivity index (χ1v) is 33.9. The number of aromatic amines is 1. The zero-order chi connectivity index (χ0) is 55.3. The van der Waals surface area contributed by atoms with Gasteiger partial charge in [0.05, 0.1) is 44.4 Å². The number of rotatable bonds is 14. The molecule has 1 aromatic carbocycles. The van der Waals surface area contributed by atoms with E-state index in [9.17, 15) is 23.8 Å². The zero-order valence-corrected chi connectivity index (χ0v) is 48.6. The van der Waals surface area contributed by atoms with E-state index in [2.05, 4.69) is 40.1 Å². The molecule has 0 radical (unpaired) electrons. The second-order valence-electron chi connectivity index (χ2n) is 22.7. The van der Waals surface area contributed by atoms with Gasteiger partial charge >= 0.3 is 15.6 Å². The molecule has 28 heteroatoms. The molecule has 412 valence electrons. The van der Waals surface area contributed by atoms with Crippen molar-refractivity contribution in [2.24, 2.45) is 11.8 Å². The lowest BCUT2D eigenvalue weighted by Gasteiger charge is -2.41. The Morgan fingerprint density at radius 2 is 1.55 bits per heavy atom. The van der Waals surface area contributed by atoms with E-state index in [0.717, 1.165) is 0 Å². The molecule has 1 saturated carbocycles. The minimum absolute atomic E-state index is 0.0147. The van der Waals surface area contributed by atoms with Crippen LogP contribution in [0.2, 0.25) is 36.3 Å². The van der Waals surface area contributed by atoms with Crippen molar-refractivity contribution in [3.8, 4) is 0 Å². The molecular weight excluding hydrogens is 1060 g/mol. The number of benzene rings is 1. The van der Waals surface area contributed by atoms with Gasteiger partial charge in [-0.2, -0.15) is 0 Å². The summed E-state index contributed by atoms with van der Waals surface area (Å²) in [5.41, 5.74) is 0.192. The SMILES string of the molecule is [C-]#[N+]CCOP1(=O)OC[C@H]2C[C@@H](n3cnc4c(NC(=O)c5ccccc5)ncnc43)[C@H](O[Si](C)(C)C(C)(C)C)[C@@H]2OP(=O)(O)OC[C@H]2O[C@@H](n3cnc4c(=O)[nH]c(CC(=O)C(C)C)nc43)[C@H](O1)[C@@H]2O[Si](C)(C)C(C)(C)C. The molecule has 24 nitrogen and oxygen atoms in total. The van der Waals surface area contributed by atoms with Crippen molar-refractivity contribution in [2.75, 3.05) is 31.7 Å². The van der Waals surface area contributed by atoms with Crippen molar-refractivity contribution in [3.63, 3.8) is 0 Å². The van der Waals surface area contributed by atoms with Crippen molar-refractivity contribution in [1.82, 2.24) is 39.0 Å². The van der Waals surface area contributed by atoms with Crippen LogP contribution in [0.4, 0.5) is 5.82 Å². The van der Waals surface area contributed by atoms with E-state index in [-0.39, 0.29) is 64.4 Å². The largest absolute Gasteiger partial charge is 0.475 e. The number of nitrogens with zero attached hydrogens (tertiary/aromatic N) is 8. The summed E-state index contributed by atoms with van der Waals surface area (Å²) in [6.07, 6.45) is -3.71. The van der Waals surface area contributed by atoms with E-state index >= 15 is 4.57 Å². The van der Waals surface area contributed by atoms with Gasteiger partial charge in [0, 0.05) is 17.4 Å². The zero-order valence-electron chi connectivity index (χ0n) is 44.8. The van der Waals surface area contributed by atoms with E-state index in [1.807, 2.05) is 67.7 Å². The number of aromatic nitrogens is 8. The van der Waals surface area contributed by atoms with Crippen LogP contribution in [0.1, 0.15) is 90.3 Å². The van der Waals surface area contributed by atoms with Crippen LogP contribution in [-0.2, 0) is 56.6 Å². The van der Waals surface area contributed by atoms with E-state index in [0.29, 0.717) is 11.2 Å². The summed E-state index contributed by atoms with van der Waals surface area (Å²) in [5, 5.41) is 2.02. The van der Waals surface area contributed by atoms with Crippen LogP contribution in [0, 0.1) is 18.4 Å². The molecule has 2 unspecified atom stereocenters. The Balaban J connectivity index is 1.23. The third kappa shape index (κ3) is 12.1. The molecule has 4 aromatic heterocycles. The lowest BCUT2D eigenvalue weighted by molar-refractivity contribution is -0.121. The normalized spacial score (nSPS) is 27.9. The maximum Gasteiger partial charge on any atom is 0.475 e. The fraction of sp³-hybridized carbons (Fsp3) is 0.604. The molecule has 3 N–H and O–H groups in total. The summed E-state index contributed by atoms with van der Waals surface area (Å²) >= 11 is 0. The first-order valence-electron chi connectivity index (χ1n) is 25.1. The number of carbonyl (C=O) groups excluding carboxylic acids is 2. The number of fused-ring (bicyclic) bond motifs is 5. The number of H-pyrrole nitrogens is 1. The van der Waals surface area contributed by atoms with Crippen LogP contribution in [0.3, 0.4) is 0 Å². The summed E-state index contributed by atoms with van der Waals surface area (Å²) in [5.74, 6) is -1.67. The van der Waals surface area contributed by atoms with Gasteiger partial charge < -0.3 is 38.2 Å². The standard InChI is InChI=1S/C48H68N10O14P2Si2/c1-28(2)32(59)22-34-54-43-36(45(61)55-34)53-27-58(43)46-40-39(72-76(12,13)48(6,7)8)33(68-46)24-66-73(62,63)69-37-30(23-67-74(64,70-40)65-20-19-49-9)21-31(38(37)71-75(10,11)47(3,4)5)57-26-52-35-41(50-25-51-42(35)57)56-44(60)29-17-15-14-16-18-29/h14-18,25-28,30-31,33,37-40,46H,19-24H2,1-8,10-13H3,(H,62,63)(H,54,55,61)(H,50,51,56,60)/t30-,31-,33-,37-,38+,39-,40-,46-,74?/m1/s1. The van der Waals surface area contributed by atoms with Gasteiger partial charge in [-0.1, -0.05) is 73.6 Å². The molecule has 3 fully saturated rings. The number of hydrogen-bond donors (Lipinski definition) is 3. The van der Waals surface area contributed by atoms with E-state index in [1.54, 1.807) is 48.7 Å². The highest BCUT2D eigenvalue weighted by Crippen LogP contribution is 2.59. The van der Waals surface area contributed by atoms with Gasteiger partial charge in [0.1, 0.15) is 49.0 Å². The van der Waals surface area contributed by atoms with Gasteiger partial charge in [-0.15, -0.1) is 0 Å². The van der Waals surface area contributed by atoms with Gasteiger partial charge in [0.2, 0.25) is 6.54 Å². The van der Waals surface area contributed by atoms with Crippen molar-refractivity contribution in [2.45, 2.75) is 147 Å². The number of nitrogens with one attached hydrogen (secondary N) is 2. The molecule has 0 spiro atoms. The number of phosphoric acid groups is 2. The molecule has 2 saturated heterocycles. The summed E-state index contributed by atoms with van der Waals surface area (Å²) in [4.78, 5) is 80.3. The van der Waals surface area contributed by atoms with Crippen molar-refractivity contribution in [1.29, 1.82) is 0 Å². The highest BCUT2D eigenvalue weighted by molar-refractivity contribution is 7.48. The van der Waals surface area contributed by atoms with Gasteiger partial charge in [-0.05, 0) is 54.8 Å². The van der Waals surface area contributed by atoms with E-state index < -0.39 is 117 Å². The number of ketones is 1. The predicted octanol–water partition coefficient (Wildman–Crippen LogP) is 8.18. The first-order chi connectivity index (χ1) is 35.5. The highest BCUT2D eigenvalue weighted by Gasteiger charge is 2.58. The Labute approximate surface area is 442 Å². The Kier molecular flexibility index (Phi) is 16.5. The molecule has 1 aliphatic carbocycles. The lowest BCUT2D eigenvalue weighted by atomic mass is 10.1. The molecule has 10 atom stereocenters. The van der Waals surface area contributed by atoms with Crippen molar-refractivity contribution < 1.29 is 59.8 Å². The maximum absolute atomic E-state index is 15.6. The number of ether oxygens (including phenoxy) is 1. The van der Waals surface area contributed by atoms with Crippen LogP contribution in [0.15, 0.2) is 54.1 Å². The third-order valence-electron chi connectivity index (χ3n) is 15.0. The number of phosphoric ester groups is 2. The van der Waals surface area contributed by atoms with E-state index in [1.165, 1.54) is 23.5 Å². The summed E-state index contributed by atoms with van der Waals surface area (Å²) < 4.78 is 85.6. The van der Waals surface area contributed by atoms with Crippen LogP contribution in [0.5, 0.6) is 0 Å². The van der Waals surface area contributed by atoms with E-state index in [4.69, 9.17) is 42.8 Å². The number of anilines is 1. The number of imidazole rings is 2. The molecule has 6 heterocycles. The topological polar surface area (TPSA) is 286 Å². The average molecular weight is 1130 g/mol. The maximum atomic E-state index is 15.6. The first kappa shape index (κ1) is 57.5. The summed E-state index contributed by atoms with van der Waals surface area (Å²) in [6.45, 7) is 29.4. The molecule has 2 bridgehead atoms. The van der Waals surface area contributed by atoms with Gasteiger partial charge in [-0.25, -0.2) is 40.6 Å². The Bertz CT molecular complexity index is 3150. The summed E-state index contributed by atoms with van der Waals surface area (Å²) in [6, 6.07) is 7.85. The van der Waals surface area contributed by atoms with Crippen LogP contribution in [0.25, 0.3) is 27.2 Å². The fourth-order valence-corrected chi connectivity index (χ4v) is 13.7. The second kappa shape index (κ2) is 21.8.